The first-order valence-corrected chi connectivity index (χ1v) is 11.0. The summed E-state index contributed by atoms with van der Waals surface area (Å²) >= 11 is 0. The molecule has 0 radical (unpaired) electrons. The molecule has 0 atom stereocenters. The molecule has 3 heterocycles. The number of hydrogen-bond donors (Lipinski definition) is 2. The maximum Gasteiger partial charge on any atom is 0.218 e. The minimum absolute atomic E-state index is 0.428. The van der Waals surface area contributed by atoms with Gasteiger partial charge in [0.05, 0.1) is 6.54 Å². The number of nitrogens with one attached hydrogen (secondary N) is 1. The number of nitrogens with zero attached hydrogens (tertiary/aromatic N) is 5. The summed E-state index contributed by atoms with van der Waals surface area (Å²) in [5.74, 6) is 1.77. The zero-order valence-electron chi connectivity index (χ0n) is 18.8. The van der Waals surface area contributed by atoms with Crippen molar-refractivity contribution >= 4 is 22.4 Å². The maximum absolute atomic E-state index is 6.00. The van der Waals surface area contributed by atoms with Gasteiger partial charge in [0.25, 0.3) is 0 Å². The predicted octanol–water partition coefficient (Wildman–Crippen LogP) is 4.35. The Bertz CT molecular complexity index is 1400. The average molecular weight is 452 g/mol. The number of nitrogens with two attached hydrogens (primary N) is 1. The standard InChI is InChI=1S/C26H25N7O/c1-18-11-23-21(7-9-28-26(23)27)12-22(18)14-29-24-13-25(31-17-30-24)34-16-20-5-3-19(4-6-20)15-33-10-2-8-32-33/h2-13,17H,14-16H2,1H3,(H2,27,28)(H,29,30,31). The van der Waals surface area contributed by atoms with Crippen LogP contribution in [-0.2, 0) is 19.7 Å². The first-order chi connectivity index (χ1) is 16.6. The third-order valence-corrected chi connectivity index (χ3v) is 5.67. The molecule has 0 aliphatic carbocycles. The Hall–Kier alpha value is -4.46. The summed E-state index contributed by atoms with van der Waals surface area (Å²) in [4.78, 5) is 12.7. The fourth-order valence-electron chi connectivity index (χ4n) is 3.77. The highest BCUT2D eigenvalue weighted by Crippen LogP contribution is 2.24. The molecule has 5 aromatic rings. The molecule has 8 nitrogen and oxygen atoms in total. The molecule has 0 saturated carbocycles. The van der Waals surface area contributed by atoms with Gasteiger partial charge in [-0.05, 0) is 58.8 Å². The maximum atomic E-state index is 6.00. The van der Waals surface area contributed by atoms with Gasteiger partial charge in [-0.3, -0.25) is 4.68 Å². The first kappa shape index (κ1) is 21.4. The van der Waals surface area contributed by atoms with E-state index in [0.29, 0.717) is 30.7 Å². The number of anilines is 2. The Morgan fingerprint density at radius 2 is 1.82 bits per heavy atom. The van der Waals surface area contributed by atoms with Gasteiger partial charge < -0.3 is 15.8 Å². The summed E-state index contributed by atoms with van der Waals surface area (Å²) in [6.07, 6.45) is 6.96. The zero-order valence-corrected chi connectivity index (χ0v) is 18.8. The van der Waals surface area contributed by atoms with E-state index < -0.39 is 0 Å². The van der Waals surface area contributed by atoms with Gasteiger partial charge >= 0.3 is 0 Å². The quantitative estimate of drug-likeness (QED) is 0.361. The van der Waals surface area contributed by atoms with Crippen LogP contribution < -0.4 is 15.8 Å². The Labute approximate surface area is 197 Å². The van der Waals surface area contributed by atoms with Crippen molar-refractivity contribution in [2.75, 3.05) is 11.1 Å². The van der Waals surface area contributed by atoms with Crippen LogP contribution in [0.25, 0.3) is 10.8 Å². The van der Waals surface area contributed by atoms with E-state index in [-0.39, 0.29) is 0 Å². The summed E-state index contributed by atoms with van der Waals surface area (Å²) in [5.41, 5.74) is 10.6. The molecule has 0 fully saturated rings. The number of ether oxygens (including phenoxy) is 1. The molecule has 0 saturated heterocycles. The van der Waals surface area contributed by atoms with Crippen LogP contribution in [-0.4, -0.2) is 24.7 Å². The van der Waals surface area contributed by atoms with Crippen molar-refractivity contribution in [3.05, 3.63) is 102 Å². The Morgan fingerprint density at radius 3 is 2.65 bits per heavy atom. The van der Waals surface area contributed by atoms with Crippen molar-refractivity contribution in [1.29, 1.82) is 0 Å². The number of aryl methyl sites for hydroxylation is 1. The van der Waals surface area contributed by atoms with Gasteiger partial charge in [-0.1, -0.05) is 24.3 Å². The van der Waals surface area contributed by atoms with Crippen molar-refractivity contribution in [2.24, 2.45) is 0 Å². The second kappa shape index (κ2) is 9.58. The smallest absolute Gasteiger partial charge is 0.218 e. The molecule has 0 aliphatic rings. The van der Waals surface area contributed by atoms with Gasteiger partial charge in [0.1, 0.15) is 24.6 Å². The topological polar surface area (TPSA) is 104 Å². The van der Waals surface area contributed by atoms with Crippen molar-refractivity contribution in [2.45, 2.75) is 26.6 Å². The molecule has 34 heavy (non-hydrogen) atoms. The van der Waals surface area contributed by atoms with Gasteiger partial charge in [-0.25, -0.2) is 15.0 Å². The van der Waals surface area contributed by atoms with Crippen LogP contribution in [0.15, 0.2) is 79.5 Å². The Balaban J connectivity index is 1.19. The lowest BCUT2D eigenvalue weighted by Crippen LogP contribution is -2.05. The lowest BCUT2D eigenvalue weighted by molar-refractivity contribution is 0.293. The van der Waals surface area contributed by atoms with Crippen LogP contribution in [0.1, 0.15) is 22.3 Å². The van der Waals surface area contributed by atoms with E-state index in [1.165, 1.54) is 11.9 Å². The second-order valence-corrected chi connectivity index (χ2v) is 8.10. The predicted molar refractivity (Wildman–Crippen MR) is 132 cm³/mol. The number of aromatic nitrogens is 5. The second-order valence-electron chi connectivity index (χ2n) is 8.10. The SMILES string of the molecule is Cc1cc2c(N)nccc2cc1CNc1cc(OCc2ccc(Cn3cccn3)cc2)ncn1. The van der Waals surface area contributed by atoms with Crippen molar-refractivity contribution in [3.8, 4) is 5.88 Å². The Kier molecular flexibility index (Phi) is 6.03. The number of rotatable bonds is 8. The Morgan fingerprint density at radius 1 is 0.971 bits per heavy atom. The van der Waals surface area contributed by atoms with E-state index in [1.54, 1.807) is 12.4 Å². The van der Waals surface area contributed by atoms with Crippen molar-refractivity contribution in [1.82, 2.24) is 24.7 Å². The minimum atomic E-state index is 0.428. The van der Waals surface area contributed by atoms with Gasteiger partial charge in [0, 0.05) is 36.6 Å². The lowest BCUT2D eigenvalue weighted by atomic mass is 10.0. The molecule has 3 N–H and O–H groups in total. The van der Waals surface area contributed by atoms with E-state index in [1.807, 2.05) is 29.1 Å². The van der Waals surface area contributed by atoms with E-state index in [2.05, 4.69) is 68.7 Å². The number of fused-ring (bicyclic) bond motifs is 1. The molecular formula is C26H25N7O. The average Bonchev–Trinajstić information content (AvgIpc) is 3.36. The van der Waals surface area contributed by atoms with Crippen LogP contribution in [0.3, 0.4) is 0 Å². The largest absolute Gasteiger partial charge is 0.473 e. The van der Waals surface area contributed by atoms with Crippen molar-refractivity contribution in [3.63, 3.8) is 0 Å². The van der Waals surface area contributed by atoms with Gasteiger partial charge in [0.2, 0.25) is 5.88 Å². The molecule has 8 heteroatoms. The van der Waals surface area contributed by atoms with E-state index >= 15 is 0 Å². The third-order valence-electron chi connectivity index (χ3n) is 5.67. The van der Waals surface area contributed by atoms with E-state index in [4.69, 9.17) is 10.5 Å². The lowest BCUT2D eigenvalue weighted by Gasteiger charge is -2.12. The molecule has 0 spiro atoms. The highest BCUT2D eigenvalue weighted by atomic mass is 16.5. The fraction of sp³-hybridized carbons (Fsp3) is 0.154. The monoisotopic (exact) mass is 451 g/mol. The van der Waals surface area contributed by atoms with Gasteiger partial charge in [-0.15, -0.1) is 0 Å². The van der Waals surface area contributed by atoms with Gasteiger partial charge in [0.15, 0.2) is 0 Å². The summed E-state index contributed by atoms with van der Waals surface area (Å²) in [6, 6.07) is 18.2. The van der Waals surface area contributed by atoms with Crippen LogP contribution in [0.5, 0.6) is 5.88 Å². The first-order valence-electron chi connectivity index (χ1n) is 11.0. The molecule has 5 rings (SSSR count). The van der Waals surface area contributed by atoms with Gasteiger partial charge in [-0.2, -0.15) is 5.10 Å². The molecule has 0 aliphatic heterocycles. The van der Waals surface area contributed by atoms with Crippen LogP contribution >= 0.6 is 0 Å². The molecule has 0 bridgehead atoms. The summed E-state index contributed by atoms with van der Waals surface area (Å²) in [5, 5.41) is 9.64. The zero-order chi connectivity index (χ0) is 23.3. The number of benzene rings is 2. The van der Waals surface area contributed by atoms with E-state index in [9.17, 15) is 0 Å². The normalized spacial score (nSPS) is 11.0. The molecule has 0 unspecified atom stereocenters. The number of nitrogen functional groups attached to an aromatic ring is 1. The number of pyridine rings is 1. The highest BCUT2D eigenvalue weighted by molar-refractivity contribution is 5.91. The summed E-state index contributed by atoms with van der Waals surface area (Å²) < 4.78 is 7.79. The molecular weight excluding hydrogens is 426 g/mol. The van der Waals surface area contributed by atoms with Crippen molar-refractivity contribution < 1.29 is 4.74 Å². The van der Waals surface area contributed by atoms with Crippen LogP contribution in [0.2, 0.25) is 0 Å². The van der Waals surface area contributed by atoms with E-state index in [0.717, 1.165) is 34.0 Å². The number of hydrogen-bond acceptors (Lipinski definition) is 7. The molecule has 3 aromatic heterocycles. The summed E-state index contributed by atoms with van der Waals surface area (Å²) in [6.45, 7) is 3.86. The minimum Gasteiger partial charge on any atom is -0.473 e. The molecule has 0 amide bonds. The van der Waals surface area contributed by atoms with Crippen LogP contribution in [0.4, 0.5) is 11.6 Å². The fourth-order valence-corrected chi connectivity index (χ4v) is 3.77. The van der Waals surface area contributed by atoms with Crippen LogP contribution in [0, 0.1) is 6.92 Å². The molecule has 2 aromatic carbocycles. The summed E-state index contributed by atoms with van der Waals surface area (Å²) in [7, 11) is 0. The highest BCUT2D eigenvalue weighted by Gasteiger charge is 2.06. The third kappa shape index (κ3) is 4.96. The molecule has 170 valence electrons.